The first kappa shape index (κ1) is 19.9. The van der Waals surface area contributed by atoms with Crippen molar-refractivity contribution in [3.8, 4) is 0 Å². The van der Waals surface area contributed by atoms with Crippen molar-refractivity contribution in [2.75, 3.05) is 33.8 Å². The number of hydrogen-bond acceptors (Lipinski definition) is 6. The summed E-state index contributed by atoms with van der Waals surface area (Å²) in [5.74, 6) is -0.158. The van der Waals surface area contributed by atoms with Gasteiger partial charge in [-0.3, -0.25) is 14.4 Å². The number of aryl methyl sites for hydroxylation is 1. The first-order valence-electron chi connectivity index (χ1n) is 8.54. The van der Waals surface area contributed by atoms with E-state index >= 15 is 0 Å². The molecule has 0 atom stereocenters. The molecule has 9 heteroatoms. The molecule has 1 saturated heterocycles. The van der Waals surface area contributed by atoms with Crippen LogP contribution in [0.4, 0.5) is 0 Å². The van der Waals surface area contributed by atoms with Crippen LogP contribution in [0.15, 0.2) is 4.90 Å². The van der Waals surface area contributed by atoms with Gasteiger partial charge in [0.05, 0.1) is 30.6 Å². The third kappa shape index (κ3) is 4.21. The van der Waals surface area contributed by atoms with Crippen molar-refractivity contribution in [1.29, 1.82) is 0 Å². The number of esters is 1. The van der Waals surface area contributed by atoms with Crippen molar-refractivity contribution in [1.82, 2.24) is 19.0 Å². The molecule has 8 nitrogen and oxygen atoms in total. The Labute approximate surface area is 149 Å². The first-order chi connectivity index (χ1) is 11.7. The molecule has 0 amide bonds. The van der Waals surface area contributed by atoms with Crippen LogP contribution in [0.1, 0.15) is 31.2 Å². The Hall–Kier alpha value is -1.45. The predicted octanol–water partition coefficient (Wildman–Crippen LogP) is 0.983. The average Bonchev–Trinajstić information content (AvgIpc) is 2.82. The molecule has 0 aromatic carbocycles. The van der Waals surface area contributed by atoms with Crippen molar-refractivity contribution in [2.45, 2.75) is 45.2 Å². The summed E-state index contributed by atoms with van der Waals surface area (Å²) in [5, 5.41) is 4.41. The lowest BCUT2D eigenvalue weighted by Gasteiger charge is -2.30. The Bertz CT molecular complexity index is 719. The summed E-state index contributed by atoms with van der Waals surface area (Å²) in [7, 11) is -0.475. The zero-order valence-corrected chi connectivity index (χ0v) is 16.5. The van der Waals surface area contributed by atoms with Crippen LogP contribution < -0.4 is 0 Å². The average molecular weight is 372 g/mol. The molecule has 2 rings (SSSR count). The fraction of sp³-hybridized carbons (Fsp3) is 0.750. The minimum Gasteiger partial charge on any atom is -0.466 e. The number of ether oxygens (including phenoxy) is 1. The second-order valence-electron chi connectivity index (χ2n) is 6.57. The number of rotatable bonds is 6. The van der Waals surface area contributed by atoms with Crippen LogP contribution in [0.3, 0.4) is 0 Å². The molecule has 25 heavy (non-hydrogen) atoms. The van der Waals surface area contributed by atoms with Crippen LogP contribution in [-0.4, -0.2) is 67.2 Å². The highest BCUT2D eigenvalue weighted by Crippen LogP contribution is 2.24. The van der Waals surface area contributed by atoms with E-state index in [1.165, 1.54) is 18.4 Å². The van der Waals surface area contributed by atoms with Gasteiger partial charge in [-0.2, -0.15) is 5.10 Å². The van der Waals surface area contributed by atoms with E-state index in [2.05, 4.69) is 10.00 Å². The Kier molecular flexibility index (Phi) is 6.23. The Morgan fingerprint density at radius 2 is 1.88 bits per heavy atom. The molecular weight excluding hydrogens is 344 g/mol. The van der Waals surface area contributed by atoms with E-state index in [0.717, 1.165) is 25.9 Å². The minimum absolute atomic E-state index is 0.0404. The highest BCUT2D eigenvalue weighted by atomic mass is 32.2. The molecule has 0 spiro atoms. The maximum absolute atomic E-state index is 12.5. The van der Waals surface area contributed by atoms with Gasteiger partial charge < -0.3 is 4.74 Å². The van der Waals surface area contributed by atoms with Gasteiger partial charge in [-0.15, -0.1) is 0 Å². The van der Waals surface area contributed by atoms with Crippen molar-refractivity contribution in [3.63, 3.8) is 0 Å². The van der Waals surface area contributed by atoms with Crippen LogP contribution in [0.25, 0.3) is 0 Å². The van der Waals surface area contributed by atoms with E-state index in [0.29, 0.717) is 24.7 Å². The molecule has 0 aliphatic carbocycles. The third-order valence-corrected chi connectivity index (χ3v) is 6.66. The molecule has 1 aliphatic heterocycles. The SMILES string of the molecule is CCOC(=O)C1CCN(Cn2nc(C)c(S(=O)(=O)N(C)C)c2C)CC1. The summed E-state index contributed by atoms with van der Waals surface area (Å²) in [4.78, 5) is 14.3. The summed E-state index contributed by atoms with van der Waals surface area (Å²) in [6, 6.07) is 0. The van der Waals surface area contributed by atoms with E-state index in [-0.39, 0.29) is 16.8 Å². The molecule has 0 radical (unpaired) electrons. The Morgan fingerprint density at radius 3 is 2.40 bits per heavy atom. The number of hydrogen-bond donors (Lipinski definition) is 0. The minimum atomic E-state index is -3.51. The Morgan fingerprint density at radius 1 is 1.28 bits per heavy atom. The van der Waals surface area contributed by atoms with Gasteiger partial charge in [-0.25, -0.2) is 12.7 Å². The highest BCUT2D eigenvalue weighted by Gasteiger charge is 2.29. The first-order valence-corrected chi connectivity index (χ1v) is 9.98. The van der Waals surface area contributed by atoms with Gasteiger partial charge in [-0.1, -0.05) is 0 Å². The smallest absolute Gasteiger partial charge is 0.309 e. The fourth-order valence-corrected chi connectivity index (χ4v) is 4.39. The largest absolute Gasteiger partial charge is 0.466 e. The number of aromatic nitrogens is 2. The molecule has 1 aromatic heterocycles. The topological polar surface area (TPSA) is 84.7 Å². The maximum atomic E-state index is 12.5. The predicted molar refractivity (Wildman–Crippen MR) is 93.5 cm³/mol. The normalized spacial score (nSPS) is 17.2. The molecule has 1 aromatic rings. The van der Waals surface area contributed by atoms with Crippen molar-refractivity contribution < 1.29 is 17.9 Å². The van der Waals surface area contributed by atoms with Gasteiger partial charge in [0, 0.05) is 27.2 Å². The van der Waals surface area contributed by atoms with Gasteiger partial charge in [0.1, 0.15) is 4.90 Å². The molecule has 1 fully saturated rings. The van der Waals surface area contributed by atoms with Crippen LogP contribution in [0.2, 0.25) is 0 Å². The van der Waals surface area contributed by atoms with Crippen LogP contribution in [0.5, 0.6) is 0 Å². The molecule has 0 saturated carbocycles. The molecule has 2 heterocycles. The molecule has 0 unspecified atom stereocenters. The van der Waals surface area contributed by atoms with Crippen molar-refractivity contribution >= 4 is 16.0 Å². The summed E-state index contributed by atoms with van der Waals surface area (Å²) in [6.45, 7) is 7.76. The Balaban J connectivity index is 2.07. The monoisotopic (exact) mass is 372 g/mol. The maximum Gasteiger partial charge on any atom is 0.309 e. The van der Waals surface area contributed by atoms with Crippen molar-refractivity contribution in [3.05, 3.63) is 11.4 Å². The lowest BCUT2D eigenvalue weighted by molar-refractivity contribution is -0.149. The lowest BCUT2D eigenvalue weighted by Crippen LogP contribution is -2.38. The zero-order valence-electron chi connectivity index (χ0n) is 15.7. The second kappa shape index (κ2) is 7.84. The van der Waals surface area contributed by atoms with E-state index < -0.39 is 10.0 Å². The number of nitrogens with zero attached hydrogens (tertiary/aromatic N) is 4. The summed E-state index contributed by atoms with van der Waals surface area (Å²) < 4.78 is 33.0. The number of carbonyl (C=O) groups excluding carboxylic acids is 1. The van der Waals surface area contributed by atoms with Gasteiger partial charge in [0.25, 0.3) is 0 Å². The summed E-state index contributed by atoms with van der Waals surface area (Å²) in [6.07, 6.45) is 1.50. The molecular formula is C16H28N4O4S. The van der Waals surface area contributed by atoms with E-state index in [9.17, 15) is 13.2 Å². The fourth-order valence-electron chi connectivity index (χ4n) is 3.13. The highest BCUT2D eigenvalue weighted by molar-refractivity contribution is 7.89. The molecule has 0 bridgehead atoms. The zero-order chi connectivity index (χ0) is 18.8. The molecule has 0 N–H and O–H groups in total. The van der Waals surface area contributed by atoms with Crippen LogP contribution in [0, 0.1) is 19.8 Å². The van der Waals surface area contributed by atoms with Gasteiger partial charge >= 0.3 is 5.97 Å². The number of carbonyl (C=O) groups is 1. The lowest BCUT2D eigenvalue weighted by atomic mass is 9.97. The second-order valence-corrected chi connectivity index (χ2v) is 8.66. The molecule has 142 valence electrons. The number of piperidine rings is 1. The van der Waals surface area contributed by atoms with E-state index in [4.69, 9.17) is 4.74 Å². The van der Waals surface area contributed by atoms with Crippen LogP contribution in [-0.2, 0) is 26.2 Å². The summed E-state index contributed by atoms with van der Waals surface area (Å²) in [5.41, 5.74) is 1.14. The van der Waals surface area contributed by atoms with E-state index in [1.54, 1.807) is 18.5 Å². The van der Waals surface area contributed by atoms with Gasteiger partial charge in [0.15, 0.2) is 0 Å². The number of sulfonamides is 1. The van der Waals surface area contributed by atoms with E-state index in [1.807, 2.05) is 6.92 Å². The molecule has 1 aliphatic rings. The van der Waals surface area contributed by atoms with Gasteiger partial charge in [0.2, 0.25) is 10.0 Å². The van der Waals surface area contributed by atoms with Gasteiger partial charge in [-0.05, 0) is 33.6 Å². The third-order valence-electron chi connectivity index (χ3n) is 4.60. The summed E-state index contributed by atoms with van der Waals surface area (Å²) >= 11 is 0. The van der Waals surface area contributed by atoms with Crippen molar-refractivity contribution in [2.24, 2.45) is 5.92 Å². The van der Waals surface area contributed by atoms with Crippen LogP contribution >= 0.6 is 0 Å². The standard InChI is InChI=1S/C16H28N4O4S/c1-6-24-16(21)14-7-9-19(10-8-14)11-20-13(3)15(12(2)17-20)25(22,23)18(4)5/h14H,6-11H2,1-5H3. The quantitative estimate of drug-likeness (QED) is 0.692. The number of likely N-dealkylation sites (tertiary alicyclic amines) is 1.